The molecule has 1 atom stereocenters. The summed E-state index contributed by atoms with van der Waals surface area (Å²) in [5.41, 5.74) is -0.109. The Hall–Kier alpha value is -2.11. The molecule has 1 aliphatic rings. The van der Waals surface area contributed by atoms with Crippen LogP contribution in [0.15, 0.2) is 24.3 Å². The number of piperidine rings is 1. The highest BCUT2D eigenvalue weighted by molar-refractivity contribution is 5.80. The summed E-state index contributed by atoms with van der Waals surface area (Å²) >= 11 is 0. The highest BCUT2D eigenvalue weighted by atomic mass is 19.1. The predicted octanol–water partition coefficient (Wildman–Crippen LogP) is 3.09. The van der Waals surface area contributed by atoms with E-state index in [-0.39, 0.29) is 24.2 Å². The second-order valence-corrected chi connectivity index (χ2v) is 7.07. The largest absolute Gasteiger partial charge is 0.444 e. The summed E-state index contributed by atoms with van der Waals surface area (Å²) in [7, 11) is 0. The van der Waals surface area contributed by atoms with Gasteiger partial charge in [0.2, 0.25) is 5.91 Å². The van der Waals surface area contributed by atoms with Crippen LogP contribution in [0.1, 0.15) is 39.2 Å². The molecule has 1 N–H and O–H groups in total. The van der Waals surface area contributed by atoms with Crippen molar-refractivity contribution in [2.45, 2.75) is 45.8 Å². The number of hydrogen-bond acceptors (Lipinski definition) is 3. The Kier molecular flexibility index (Phi) is 5.80. The number of nitrogens with zero attached hydrogens (tertiary/aromatic N) is 1. The third-order valence-corrected chi connectivity index (χ3v) is 3.85. The minimum Gasteiger partial charge on any atom is -0.444 e. The summed E-state index contributed by atoms with van der Waals surface area (Å²) in [6, 6.07) is 6.35. The molecular weight excluding hydrogens is 311 g/mol. The maximum Gasteiger partial charge on any atom is 0.410 e. The lowest BCUT2D eigenvalue weighted by Crippen LogP contribution is -2.46. The molecule has 2 rings (SSSR count). The van der Waals surface area contributed by atoms with E-state index in [1.54, 1.807) is 23.1 Å². The maximum atomic E-state index is 13.6. The van der Waals surface area contributed by atoms with Crippen molar-refractivity contribution in [3.8, 4) is 0 Å². The molecular formula is C18H25FN2O3. The smallest absolute Gasteiger partial charge is 0.410 e. The van der Waals surface area contributed by atoms with E-state index >= 15 is 0 Å². The molecule has 1 heterocycles. The minimum atomic E-state index is -0.558. The maximum absolute atomic E-state index is 13.6. The molecule has 0 saturated carbocycles. The molecule has 1 aromatic rings. The van der Waals surface area contributed by atoms with Gasteiger partial charge in [-0.15, -0.1) is 0 Å². The quantitative estimate of drug-likeness (QED) is 0.923. The molecule has 24 heavy (non-hydrogen) atoms. The van der Waals surface area contributed by atoms with Gasteiger partial charge in [-0.05, 0) is 39.7 Å². The van der Waals surface area contributed by atoms with Gasteiger partial charge in [0.25, 0.3) is 0 Å². The van der Waals surface area contributed by atoms with Gasteiger partial charge in [0.05, 0.1) is 5.92 Å². The SMILES string of the molecule is CC(C)(C)OC(=O)N1CCCC(C(=O)NCc2ccccc2F)C1. The number of hydrogen-bond donors (Lipinski definition) is 1. The number of likely N-dealkylation sites (tertiary alicyclic amines) is 1. The van der Waals surface area contributed by atoms with Crippen LogP contribution in [-0.2, 0) is 16.1 Å². The van der Waals surface area contributed by atoms with Crippen LogP contribution >= 0.6 is 0 Å². The number of amides is 2. The summed E-state index contributed by atoms with van der Waals surface area (Å²) < 4.78 is 18.9. The van der Waals surface area contributed by atoms with Crippen molar-refractivity contribution in [3.63, 3.8) is 0 Å². The van der Waals surface area contributed by atoms with Crippen LogP contribution in [0.2, 0.25) is 0 Å². The van der Waals surface area contributed by atoms with Crippen molar-refractivity contribution < 1.29 is 18.7 Å². The minimum absolute atomic E-state index is 0.147. The third kappa shape index (κ3) is 5.22. The Morgan fingerprint density at radius 1 is 1.33 bits per heavy atom. The average molecular weight is 336 g/mol. The van der Waals surface area contributed by atoms with Crippen molar-refractivity contribution >= 4 is 12.0 Å². The van der Waals surface area contributed by atoms with E-state index in [1.165, 1.54) is 6.07 Å². The zero-order valence-electron chi connectivity index (χ0n) is 14.5. The van der Waals surface area contributed by atoms with E-state index in [2.05, 4.69) is 5.32 Å². The van der Waals surface area contributed by atoms with Gasteiger partial charge in [0, 0.05) is 25.2 Å². The molecule has 1 aromatic carbocycles. The van der Waals surface area contributed by atoms with E-state index in [1.807, 2.05) is 20.8 Å². The lowest BCUT2D eigenvalue weighted by Gasteiger charge is -2.33. The van der Waals surface area contributed by atoms with Crippen molar-refractivity contribution in [1.29, 1.82) is 0 Å². The molecule has 2 amide bonds. The van der Waals surface area contributed by atoms with Crippen LogP contribution in [0, 0.1) is 11.7 Å². The number of benzene rings is 1. The first-order chi connectivity index (χ1) is 11.3. The second kappa shape index (κ2) is 7.64. The Balaban J connectivity index is 1.88. The molecule has 1 unspecified atom stereocenters. The van der Waals surface area contributed by atoms with Crippen molar-refractivity contribution in [2.24, 2.45) is 5.92 Å². The average Bonchev–Trinajstić information content (AvgIpc) is 2.52. The number of rotatable bonds is 3. The lowest BCUT2D eigenvalue weighted by atomic mass is 9.97. The van der Waals surface area contributed by atoms with E-state index in [9.17, 15) is 14.0 Å². The van der Waals surface area contributed by atoms with Gasteiger partial charge >= 0.3 is 6.09 Å². The van der Waals surface area contributed by atoms with E-state index < -0.39 is 11.7 Å². The summed E-state index contributed by atoms with van der Waals surface area (Å²) in [5.74, 6) is -0.790. The zero-order valence-corrected chi connectivity index (χ0v) is 14.5. The van der Waals surface area contributed by atoms with Gasteiger partial charge in [-0.2, -0.15) is 0 Å². The highest BCUT2D eigenvalue weighted by Gasteiger charge is 2.30. The molecule has 0 aliphatic carbocycles. The standard InChI is InChI=1S/C18H25FN2O3/c1-18(2,3)24-17(23)21-10-6-8-14(12-21)16(22)20-11-13-7-4-5-9-15(13)19/h4-5,7,9,14H,6,8,10-12H2,1-3H3,(H,20,22). The van der Waals surface area contributed by atoms with Gasteiger partial charge in [-0.25, -0.2) is 9.18 Å². The third-order valence-electron chi connectivity index (χ3n) is 3.85. The summed E-state index contributed by atoms with van der Waals surface area (Å²) in [5, 5.41) is 2.76. The van der Waals surface area contributed by atoms with Crippen molar-refractivity contribution in [1.82, 2.24) is 10.2 Å². The topological polar surface area (TPSA) is 58.6 Å². The Bertz CT molecular complexity index is 598. The Labute approximate surface area is 142 Å². The van der Waals surface area contributed by atoms with Gasteiger partial charge < -0.3 is 15.0 Å². The fourth-order valence-corrected chi connectivity index (χ4v) is 2.65. The molecule has 5 nitrogen and oxygen atoms in total. The first-order valence-electron chi connectivity index (χ1n) is 8.25. The number of carbonyl (C=O) groups excluding carboxylic acids is 2. The molecule has 6 heteroatoms. The van der Waals surface area contributed by atoms with Crippen LogP contribution in [0.3, 0.4) is 0 Å². The van der Waals surface area contributed by atoms with Gasteiger partial charge in [0.1, 0.15) is 11.4 Å². The van der Waals surface area contributed by atoms with Crippen molar-refractivity contribution in [2.75, 3.05) is 13.1 Å². The Morgan fingerprint density at radius 3 is 2.71 bits per heavy atom. The first-order valence-corrected chi connectivity index (χ1v) is 8.25. The van der Waals surface area contributed by atoms with Gasteiger partial charge in [-0.1, -0.05) is 18.2 Å². The van der Waals surface area contributed by atoms with Crippen LogP contribution in [0.4, 0.5) is 9.18 Å². The molecule has 1 saturated heterocycles. The summed E-state index contributed by atoms with van der Waals surface area (Å²) in [6.45, 7) is 6.51. The van der Waals surface area contributed by atoms with Crippen LogP contribution in [-0.4, -0.2) is 35.6 Å². The van der Waals surface area contributed by atoms with E-state index in [0.717, 1.165) is 6.42 Å². The monoisotopic (exact) mass is 336 g/mol. The highest BCUT2D eigenvalue weighted by Crippen LogP contribution is 2.19. The van der Waals surface area contributed by atoms with Crippen LogP contribution in [0.25, 0.3) is 0 Å². The van der Waals surface area contributed by atoms with E-state index in [4.69, 9.17) is 4.74 Å². The lowest BCUT2D eigenvalue weighted by molar-refractivity contribution is -0.126. The van der Waals surface area contributed by atoms with Gasteiger partial charge in [-0.3, -0.25) is 4.79 Å². The van der Waals surface area contributed by atoms with Gasteiger partial charge in [0.15, 0.2) is 0 Å². The molecule has 0 bridgehead atoms. The molecule has 0 aromatic heterocycles. The first kappa shape index (κ1) is 18.2. The second-order valence-electron chi connectivity index (χ2n) is 7.07. The number of nitrogens with one attached hydrogen (secondary N) is 1. The summed E-state index contributed by atoms with van der Waals surface area (Å²) in [4.78, 5) is 26.0. The number of ether oxygens (including phenoxy) is 1. The molecule has 1 fully saturated rings. The fourth-order valence-electron chi connectivity index (χ4n) is 2.65. The summed E-state index contributed by atoms with van der Waals surface area (Å²) in [6.07, 6.45) is 1.06. The normalized spacial score (nSPS) is 18.2. The molecule has 0 radical (unpaired) electrons. The molecule has 1 aliphatic heterocycles. The number of halogens is 1. The van der Waals surface area contributed by atoms with Crippen LogP contribution < -0.4 is 5.32 Å². The molecule has 132 valence electrons. The molecule has 0 spiro atoms. The number of carbonyl (C=O) groups is 2. The fraction of sp³-hybridized carbons (Fsp3) is 0.556. The van der Waals surface area contributed by atoms with E-state index in [0.29, 0.717) is 25.1 Å². The predicted molar refractivity (Wildman–Crippen MR) is 88.8 cm³/mol. The zero-order chi connectivity index (χ0) is 17.7. The Morgan fingerprint density at radius 2 is 2.04 bits per heavy atom. The van der Waals surface area contributed by atoms with Crippen LogP contribution in [0.5, 0.6) is 0 Å². The van der Waals surface area contributed by atoms with Crippen molar-refractivity contribution in [3.05, 3.63) is 35.6 Å².